The molecule has 0 saturated carbocycles. The molecular formula is C25H24N6O2S. The van der Waals surface area contributed by atoms with E-state index in [4.69, 9.17) is 5.73 Å². The summed E-state index contributed by atoms with van der Waals surface area (Å²) in [7, 11) is 0. The lowest BCUT2D eigenvalue weighted by Crippen LogP contribution is -2.38. The van der Waals surface area contributed by atoms with Crippen molar-refractivity contribution in [1.82, 2.24) is 14.8 Å². The molecule has 8 nitrogen and oxygen atoms in total. The Balaban J connectivity index is 1.31. The molecule has 0 unspecified atom stereocenters. The number of nitrogens with two attached hydrogens (primary N) is 1. The third-order valence-corrected chi connectivity index (χ3v) is 6.81. The van der Waals surface area contributed by atoms with E-state index in [0.29, 0.717) is 11.5 Å². The molecule has 34 heavy (non-hydrogen) atoms. The van der Waals surface area contributed by atoms with E-state index in [1.807, 2.05) is 72.1 Å². The van der Waals surface area contributed by atoms with Crippen molar-refractivity contribution in [3.63, 3.8) is 0 Å². The molecular weight excluding hydrogens is 448 g/mol. The minimum absolute atomic E-state index is 0.0444. The maximum absolute atomic E-state index is 13.0. The number of primary amides is 1. The quantitative estimate of drug-likeness (QED) is 0.442. The predicted molar refractivity (Wildman–Crippen MR) is 133 cm³/mol. The largest absolute Gasteiger partial charge is 0.371 e. The number of amides is 2. The molecule has 0 atom stereocenters. The van der Waals surface area contributed by atoms with Gasteiger partial charge in [0.25, 0.3) is 5.91 Å². The van der Waals surface area contributed by atoms with E-state index in [2.05, 4.69) is 20.3 Å². The van der Waals surface area contributed by atoms with E-state index in [1.165, 1.54) is 0 Å². The van der Waals surface area contributed by atoms with Crippen LogP contribution in [0.5, 0.6) is 0 Å². The highest BCUT2D eigenvalue weighted by Crippen LogP contribution is 2.27. The van der Waals surface area contributed by atoms with Crippen LogP contribution in [-0.4, -0.2) is 39.7 Å². The minimum atomic E-state index is -0.373. The zero-order valence-electron chi connectivity index (χ0n) is 18.4. The van der Waals surface area contributed by atoms with Crippen LogP contribution in [0.3, 0.4) is 0 Å². The molecule has 0 spiro atoms. The number of aromatic nitrogens is 3. The topological polar surface area (TPSA) is 106 Å². The summed E-state index contributed by atoms with van der Waals surface area (Å²) in [5.74, 6) is 0.0914. The van der Waals surface area contributed by atoms with Gasteiger partial charge in [-0.2, -0.15) is 0 Å². The third-order valence-electron chi connectivity index (χ3n) is 5.94. The molecule has 2 aromatic carbocycles. The van der Waals surface area contributed by atoms with E-state index in [9.17, 15) is 9.59 Å². The van der Waals surface area contributed by atoms with Gasteiger partial charge in [0.1, 0.15) is 0 Å². The maximum atomic E-state index is 13.0. The number of thiophene rings is 1. The summed E-state index contributed by atoms with van der Waals surface area (Å²) < 4.78 is 1.69. The fourth-order valence-corrected chi connectivity index (χ4v) is 4.79. The first kappa shape index (κ1) is 21.8. The van der Waals surface area contributed by atoms with E-state index in [0.717, 1.165) is 42.2 Å². The highest BCUT2D eigenvalue weighted by Gasteiger charge is 2.23. The van der Waals surface area contributed by atoms with Crippen molar-refractivity contribution in [2.75, 3.05) is 23.3 Å². The van der Waals surface area contributed by atoms with Crippen molar-refractivity contribution in [2.24, 2.45) is 11.7 Å². The van der Waals surface area contributed by atoms with Gasteiger partial charge in [-0.3, -0.25) is 9.59 Å². The van der Waals surface area contributed by atoms with Crippen molar-refractivity contribution in [3.05, 3.63) is 77.9 Å². The summed E-state index contributed by atoms with van der Waals surface area (Å²) in [6.45, 7) is 1.57. The second-order valence-electron chi connectivity index (χ2n) is 8.15. The second kappa shape index (κ2) is 9.48. The number of piperidine rings is 1. The molecule has 3 heterocycles. The van der Waals surface area contributed by atoms with Gasteiger partial charge >= 0.3 is 0 Å². The Morgan fingerprint density at radius 2 is 1.68 bits per heavy atom. The molecule has 2 aromatic heterocycles. The number of carbonyl (C=O) groups excluding carboxylic acids is 2. The predicted octanol–water partition coefficient (Wildman–Crippen LogP) is 3.95. The lowest BCUT2D eigenvalue weighted by Gasteiger charge is -2.32. The summed E-state index contributed by atoms with van der Waals surface area (Å²) in [5, 5.41) is 9.36. The van der Waals surface area contributed by atoms with Gasteiger partial charge in [-0.25, -0.2) is 9.67 Å². The number of nitrogens with one attached hydrogen (secondary N) is 1. The number of rotatable bonds is 6. The first-order valence-electron chi connectivity index (χ1n) is 11.1. The van der Waals surface area contributed by atoms with E-state index in [1.54, 1.807) is 16.0 Å². The van der Waals surface area contributed by atoms with Crippen LogP contribution in [0.15, 0.2) is 72.1 Å². The van der Waals surface area contributed by atoms with Gasteiger partial charge in [-0.05, 0) is 60.7 Å². The Morgan fingerprint density at radius 1 is 0.941 bits per heavy atom. The van der Waals surface area contributed by atoms with Crippen LogP contribution in [0.25, 0.3) is 16.4 Å². The Bertz CT molecular complexity index is 1280. The van der Waals surface area contributed by atoms with Crippen molar-refractivity contribution in [1.29, 1.82) is 0 Å². The Hall–Kier alpha value is -3.98. The summed E-state index contributed by atoms with van der Waals surface area (Å²) in [4.78, 5) is 32.0. The van der Waals surface area contributed by atoms with Crippen molar-refractivity contribution >= 4 is 34.5 Å². The number of anilines is 2. The second-order valence-corrected chi connectivity index (χ2v) is 9.10. The molecule has 172 valence electrons. The van der Waals surface area contributed by atoms with Gasteiger partial charge in [-0.15, -0.1) is 16.4 Å². The molecule has 5 rings (SSSR count). The smallest absolute Gasteiger partial charge is 0.295 e. The normalized spacial score (nSPS) is 14.2. The molecule has 2 amide bonds. The van der Waals surface area contributed by atoms with Crippen molar-refractivity contribution in [2.45, 2.75) is 12.8 Å². The van der Waals surface area contributed by atoms with Gasteiger partial charge in [0.2, 0.25) is 11.7 Å². The van der Waals surface area contributed by atoms with Crippen molar-refractivity contribution in [3.8, 4) is 16.4 Å². The summed E-state index contributed by atoms with van der Waals surface area (Å²) in [5.41, 5.74) is 7.97. The molecule has 1 fully saturated rings. The first-order chi connectivity index (χ1) is 16.6. The van der Waals surface area contributed by atoms with Gasteiger partial charge < -0.3 is 16.0 Å². The van der Waals surface area contributed by atoms with Gasteiger partial charge in [-0.1, -0.05) is 24.3 Å². The average Bonchev–Trinajstić information content (AvgIpc) is 3.55. The average molecular weight is 473 g/mol. The first-order valence-corrected chi connectivity index (χ1v) is 12.0. The lowest BCUT2D eigenvalue weighted by molar-refractivity contribution is -0.122. The monoisotopic (exact) mass is 472 g/mol. The maximum Gasteiger partial charge on any atom is 0.295 e. The zero-order chi connectivity index (χ0) is 23.5. The van der Waals surface area contributed by atoms with Crippen LogP contribution in [0, 0.1) is 5.92 Å². The third kappa shape index (κ3) is 4.55. The standard InChI is InChI=1S/C25H24N6O2S/c26-22(32)17-12-14-30(15-13-17)19-10-8-18(9-11-19)27-25(33)23-28-24(21-7-4-16-34-21)31(29-23)20-5-2-1-3-6-20/h1-11,16-17H,12-15H2,(H2,26,32)(H,27,33). The molecule has 1 aliphatic rings. The SMILES string of the molecule is NC(=O)C1CCN(c2ccc(NC(=O)c3nc(-c4cccs4)n(-c4ccccc4)n3)cc2)CC1. The molecule has 1 saturated heterocycles. The number of hydrogen-bond donors (Lipinski definition) is 2. The van der Waals surface area contributed by atoms with Gasteiger partial charge in [0, 0.05) is 30.4 Å². The molecule has 3 N–H and O–H groups in total. The minimum Gasteiger partial charge on any atom is -0.371 e. The Kier molecular flexibility index (Phi) is 6.09. The summed E-state index contributed by atoms with van der Waals surface area (Å²) in [6.07, 6.45) is 1.52. The Morgan fingerprint density at radius 3 is 2.32 bits per heavy atom. The van der Waals surface area contributed by atoms with E-state index in [-0.39, 0.29) is 23.6 Å². The molecule has 1 aliphatic heterocycles. The van der Waals surface area contributed by atoms with Crippen LogP contribution < -0.4 is 16.0 Å². The summed E-state index contributed by atoms with van der Waals surface area (Å²) in [6, 6.07) is 21.2. The molecule has 0 bridgehead atoms. The van der Waals surface area contributed by atoms with Crippen LogP contribution >= 0.6 is 11.3 Å². The highest BCUT2D eigenvalue weighted by molar-refractivity contribution is 7.13. The number of benzene rings is 2. The van der Waals surface area contributed by atoms with Crippen LogP contribution in [-0.2, 0) is 4.79 Å². The lowest BCUT2D eigenvalue weighted by atomic mass is 9.96. The molecule has 0 radical (unpaired) electrons. The van der Waals surface area contributed by atoms with Crippen LogP contribution in [0.1, 0.15) is 23.5 Å². The van der Waals surface area contributed by atoms with Crippen LogP contribution in [0.2, 0.25) is 0 Å². The fourth-order valence-electron chi connectivity index (χ4n) is 4.09. The van der Waals surface area contributed by atoms with Gasteiger partial charge in [0.05, 0.1) is 10.6 Å². The van der Waals surface area contributed by atoms with Crippen LogP contribution in [0.4, 0.5) is 11.4 Å². The van der Waals surface area contributed by atoms with E-state index < -0.39 is 0 Å². The van der Waals surface area contributed by atoms with E-state index >= 15 is 0 Å². The molecule has 4 aromatic rings. The number of para-hydroxylation sites is 1. The Labute approximate surface area is 201 Å². The van der Waals surface area contributed by atoms with Gasteiger partial charge in [0.15, 0.2) is 5.82 Å². The molecule has 0 aliphatic carbocycles. The number of hydrogen-bond acceptors (Lipinski definition) is 6. The number of nitrogens with zero attached hydrogens (tertiary/aromatic N) is 4. The fraction of sp³-hybridized carbons (Fsp3) is 0.200. The molecule has 9 heteroatoms. The van der Waals surface area contributed by atoms with Crippen molar-refractivity contribution < 1.29 is 9.59 Å². The number of carbonyl (C=O) groups is 2. The highest BCUT2D eigenvalue weighted by atomic mass is 32.1. The summed E-state index contributed by atoms with van der Waals surface area (Å²) >= 11 is 1.55. The zero-order valence-corrected chi connectivity index (χ0v) is 19.2.